The van der Waals surface area contributed by atoms with Gasteiger partial charge in [-0.05, 0) is 57.7 Å². The Bertz CT molecular complexity index is 1140. The van der Waals surface area contributed by atoms with Crippen molar-refractivity contribution in [2.24, 2.45) is 0 Å². The number of alkyl carbamates (subject to hydrolysis) is 2. The monoisotopic (exact) mass is 525 g/mol. The lowest BCUT2D eigenvalue weighted by atomic mass is 10.1. The second-order valence-electron chi connectivity index (χ2n) is 9.54. The quantitative estimate of drug-likeness (QED) is 0.353. The van der Waals surface area contributed by atoms with Gasteiger partial charge in [-0.1, -0.05) is 47.5 Å². The molecule has 1 atom stereocenters. The van der Waals surface area contributed by atoms with Crippen molar-refractivity contribution in [2.75, 3.05) is 6.54 Å². The van der Waals surface area contributed by atoms with Crippen molar-refractivity contribution in [1.29, 1.82) is 0 Å². The summed E-state index contributed by atoms with van der Waals surface area (Å²) in [5.41, 5.74) is 0.278. The Morgan fingerprint density at radius 1 is 0.868 bits per heavy atom. The number of unbranched alkanes of at least 4 members (excludes halogenated alkanes) is 1. The van der Waals surface area contributed by atoms with Crippen LogP contribution >= 0.6 is 0 Å². The number of hydrogen-bond donors (Lipinski definition) is 2. The summed E-state index contributed by atoms with van der Waals surface area (Å²) in [6, 6.07) is 14.1. The summed E-state index contributed by atoms with van der Waals surface area (Å²) >= 11 is 0. The van der Waals surface area contributed by atoms with Crippen LogP contribution in [0.4, 0.5) is 9.59 Å². The molecule has 0 aromatic heterocycles. The zero-order valence-electron chi connectivity index (χ0n) is 21.5. The maximum Gasteiger partial charge on any atom is 0.408 e. The summed E-state index contributed by atoms with van der Waals surface area (Å²) in [5.74, 6) is -2.54. The number of amides is 4. The fraction of sp³-hybridized carbons (Fsp3) is 0.370. The number of carbonyl (C=O) groups excluding carboxylic acids is 5. The van der Waals surface area contributed by atoms with Crippen LogP contribution in [0.1, 0.15) is 66.3 Å². The highest BCUT2D eigenvalue weighted by molar-refractivity contribution is 6.20. The van der Waals surface area contributed by atoms with Crippen molar-refractivity contribution in [3.8, 4) is 0 Å². The van der Waals surface area contributed by atoms with E-state index in [9.17, 15) is 24.0 Å². The number of hydrogen-bond acceptors (Lipinski definition) is 8. The third kappa shape index (κ3) is 8.05. The number of ether oxygens (including phenoxy) is 2. The van der Waals surface area contributed by atoms with Crippen LogP contribution in [-0.4, -0.2) is 53.2 Å². The van der Waals surface area contributed by atoms with Gasteiger partial charge < -0.3 is 24.9 Å². The van der Waals surface area contributed by atoms with Crippen LogP contribution in [-0.2, 0) is 25.7 Å². The van der Waals surface area contributed by atoms with Crippen LogP contribution in [0.15, 0.2) is 54.6 Å². The number of fused-ring (bicyclic) bond motifs is 1. The molecule has 11 heteroatoms. The lowest BCUT2D eigenvalue weighted by Gasteiger charge is -2.23. The third-order valence-corrected chi connectivity index (χ3v) is 5.32. The van der Waals surface area contributed by atoms with Crippen molar-refractivity contribution in [3.63, 3.8) is 0 Å². The average Bonchev–Trinajstić information content (AvgIpc) is 3.11. The molecule has 2 aromatic carbocycles. The number of nitrogens with zero attached hydrogens (tertiary/aromatic N) is 1. The van der Waals surface area contributed by atoms with Crippen molar-refractivity contribution >= 4 is 30.0 Å². The summed E-state index contributed by atoms with van der Waals surface area (Å²) < 4.78 is 10.4. The number of carbonyl (C=O) groups is 5. The molecule has 0 spiro atoms. The van der Waals surface area contributed by atoms with Crippen molar-refractivity contribution in [1.82, 2.24) is 15.7 Å². The fourth-order valence-electron chi connectivity index (χ4n) is 3.54. The molecular formula is C27H31N3O8. The van der Waals surface area contributed by atoms with Gasteiger partial charge in [-0.3, -0.25) is 9.59 Å². The minimum Gasteiger partial charge on any atom is -0.445 e. The maximum absolute atomic E-state index is 12.9. The van der Waals surface area contributed by atoms with E-state index < -0.39 is 41.6 Å². The van der Waals surface area contributed by atoms with E-state index in [1.807, 2.05) is 30.3 Å². The molecule has 0 bridgehead atoms. The lowest BCUT2D eigenvalue weighted by Crippen LogP contribution is -2.47. The molecule has 2 aromatic rings. The minimum atomic E-state index is -1.21. The standard InChI is InChI=1S/C27H31N3O8/c1-27(2,3)37-26(35)29-21(15-9-10-16-28-25(34)36-17-18-11-5-4-6-12-18)24(33)38-30-22(31)19-13-7-8-14-20(19)23(30)32/h4-8,11-14,21H,9-10,15-17H2,1-3H3,(H,28,34)(H,29,35)/t21-/m0/s1. The normalized spacial score (nSPS) is 13.4. The zero-order valence-corrected chi connectivity index (χ0v) is 21.5. The Hall–Kier alpha value is -4.41. The van der Waals surface area contributed by atoms with E-state index in [-0.39, 0.29) is 30.7 Å². The molecule has 0 saturated heterocycles. The summed E-state index contributed by atoms with van der Waals surface area (Å²) in [6.45, 7) is 5.40. The molecule has 38 heavy (non-hydrogen) atoms. The van der Waals surface area contributed by atoms with Crippen molar-refractivity contribution in [3.05, 3.63) is 71.3 Å². The zero-order chi connectivity index (χ0) is 27.7. The SMILES string of the molecule is CC(C)(C)OC(=O)N[C@@H](CCCCNC(=O)OCc1ccccc1)C(=O)ON1C(=O)c2ccccc2C1=O. The first-order valence-electron chi connectivity index (χ1n) is 12.2. The van der Waals surface area contributed by atoms with E-state index in [4.69, 9.17) is 14.3 Å². The second kappa shape index (κ2) is 12.7. The van der Waals surface area contributed by atoms with E-state index in [1.54, 1.807) is 32.9 Å². The van der Waals surface area contributed by atoms with E-state index in [1.165, 1.54) is 12.1 Å². The summed E-state index contributed by atoms with van der Waals surface area (Å²) in [6.07, 6.45) is -0.502. The number of benzene rings is 2. The molecular weight excluding hydrogens is 494 g/mol. The highest BCUT2D eigenvalue weighted by atomic mass is 16.7. The van der Waals surface area contributed by atoms with Gasteiger partial charge >= 0.3 is 18.2 Å². The minimum absolute atomic E-state index is 0.0992. The Labute approximate surface area is 220 Å². The third-order valence-electron chi connectivity index (χ3n) is 5.32. The average molecular weight is 526 g/mol. The van der Waals surface area contributed by atoms with E-state index >= 15 is 0 Å². The van der Waals surface area contributed by atoms with Crippen LogP contribution in [0, 0.1) is 0 Å². The predicted octanol–water partition coefficient (Wildman–Crippen LogP) is 3.73. The summed E-state index contributed by atoms with van der Waals surface area (Å²) in [7, 11) is 0. The molecule has 2 N–H and O–H groups in total. The highest BCUT2D eigenvalue weighted by Crippen LogP contribution is 2.23. The summed E-state index contributed by atoms with van der Waals surface area (Å²) in [5, 5.41) is 5.45. The lowest BCUT2D eigenvalue weighted by molar-refractivity contribution is -0.171. The molecule has 0 aliphatic carbocycles. The van der Waals surface area contributed by atoms with Gasteiger partial charge in [0.2, 0.25) is 0 Å². The predicted molar refractivity (Wildman–Crippen MR) is 135 cm³/mol. The molecule has 3 rings (SSSR count). The Morgan fingerprint density at radius 2 is 1.47 bits per heavy atom. The Kier molecular flexibility index (Phi) is 9.42. The molecule has 1 aliphatic heterocycles. The molecule has 0 saturated carbocycles. The number of hydroxylamine groups is 2. The smallest absolute Gasteiger partial charge is 0.408 e. The van der Waals surface area contributed by atoms with Crippen molar-refractivity contribution in [2.45, 2.75) is 58.3 Å². The maximum atomic E-state index is 12.9. The molecule has 202 valence electrons. The van der Waals surface area contributed by atoms with Gasteiger partial charge in [-0.15, -0.1) is 0 Å². The van der Waals surface area contributed by atoms with Gasteiger partial charge in [0.05, 0.1) is 11.1 Å². The highest BCUT2D eigenvalue weighted by Gasteiger charge is 2.40. The van der Waals surface area contributed by atoms with Crippen molar-refractivity contribution < 1.29 is 38.3 Å². The molecule has 1 heterocycles. The van der Waals surface area contributed by atoms with Crippen LogP contribution < -0.4 is 10.6 Å². The van der Waals surface area contributed by atoms with Crippen LogP contribution in [0.5, 0.6) is 0 Å². The van der Waals surface area contributed by atoms with E-state index in [0.29, 0.717) is 17.9 Å². The first-order valence-corrected chi connectivity index (χ1v) is 12.2. The summed E-state index contributed by atoms with van der Waals surface area (Å²) in [4.78, 5) is 67.3. The fourth-order valence-corrected chi connectivity index (χ4v) is 3.54. The second-order valence-corrected chi connectivity index (χ2v) is 9.54. The van der Waals surface area contributed by atoms with Crippen LogP contribution in [0.3, 0.4) is 0 Å². The van der Waals surface area contributed by atoms with Crippen LogP contribution in [0.25, 0.3) is 0 Å². The number of rotatable bonds is 10. The van der Waals surface area contributed by atoms with Gasteiger partial charge in [0.25, 0.3) is 11.8 Å². The Morgan fingerprint density at radius 3 is 2.08 bits per heavy atom. The van der Waals surface area contributed by atoms with E-state index in [0.717, 1.165) is 5.56 Å². The molecule has 11 nitrogen and oxygen atoms in total. The number of nitrogens with one attached hydrogen (secondary N) is 2. The first kappa shape index (κ1) is 28.2. The molecule has 0 radical (unpaired) electrons. The molecule has 1 aliphatic rings. The topological polar surface area (TPSA) is 140 Å². The van der Waals surface area contributed by atoms with Gasteiger partial charge in [-0.25, -0.2) is 14.4 Å². The van der Waals surface area contributed by atoms with E-state index in [2.05, 4.69) is 10.6 Å². The number of imide groups is 1. The Balaban J connectivity index is 1.51. The molecule has 0 unspecified atom stereocenters. The van der Waals surface area contributed by atoms with Crippen LogP contribution in [0.2, 0.25) is 0 Å². The van der Waals surface area contributed by atoms with Gasteiger partial charge in [0.15, 0.2) is 0 Å². The van der Waals surface area contributed by atoms with Gasteiger partial charge in [-0.2, -0.15) is 0 Å². The van der Waals surface area contributed by atoms with Gasteiger partial charge in [0, 0.05) is 6.54 Å². The first-order chi connectivity index (χ1) is 18.0. The molecule has 4 amide bonds. The molecule has 0 fully saturated rings. The largest absolute Gasteiger partial charge is 0.445 e. The van der Waals surface area contributed by atoms with Gasteiger partial charge in [0.1, 0.15) is 18.2 Å².